The van der Waals surface area contributed by atoms with Crippen molar-refractivity contribution in [1.82, 2.24) is 15.1 Å². The molecular formula is C10H15N3O3. The van der Waals surface area contributed by atoms with Gasteiger partial charge in [-0.2, -0.15) is 0 Å². The molecule has 2 aliphatic rings. The highest BCUT2D eigenvalue weighted by atomic mass is 16.2. The Morgan fingerprint density at radius 2 is 2.06 bits per heavy atom. The third-order valence-electron chi connectivity index (χ3n) is 3.01. The highest BCUT2D eigenvalue weighted by Crippen LogP contribution is 2.18. The third kappa shape index (κ3) is 1.87. The van der Waals surface area contributed by atoms with Crippen LogP contribution in [-0.4, -0.2) is 53.8 Å². The third-order valence-corrected chi connectivity index (χ3v) is 3.01. The van der Waals surface area contributed by atoms with Crippen molar-refractivity contribution in [1.29, 1.82) is 0 Å². The van der Waals surface area contributed by atoms with E-state index < -0.39 is 0 Å². The van der Waals surface area contributed by atoms with Crippen LogP contribution in [0.25, 0.3) is 0 Å². The lowest BCUT2D eigenvalue weighted by Crippen LogP contribution is -2.39. The van der Waals surface area contributed by atoms with E-state index in [9.17, 15) is 14.4 Å². The van der Waals surface area contributed by atoms with Crippen LogP contribution in [0.5, 0.6) is 0 Å². The van der Waals surface area contributed by atoms with Gasteiger partial charge < -0.3 is 10.2 Å². The molecule has 4 amide bonds. The molecule has 0 aromatic rings. The zero-order chi connectivity index (χ0) is 11.7. The molecule has 0 aromatic carbocycles. The Kier molecular flexibility index (Phi) is 2.80. The summed E-state index contributed by atoms with van der Waals surface area (Å²) in [6.07, 6.45) is 0.297. The van der Waals surface area contributed by atoms with E-state index in [2.05, 4.69) is 5.32 Å². The first-order valence-corrected chi connectivity index (χ1v) is 5.46. The zero-order valence-electron chi connectivity index (χ0n) is 9.23. The molecule has 88 valence electrons. The molecule has 16 heavy (non-hydrogen) atoms. The summed E-state index contributed by atoms with van der Waals surface area (Å²) >= 11 is 0. The summed E-state index contributed by atoms with van der Waals surface area (Å²) in [5.74, 6) is -0.457. The van der Waals surface area contributed by atoms with Crippen LogP contribution in [0.4, 0.5) is 4.79 Å². The van der Waals surface area contributed by atoms with Crippen molar-refractivity contribution in [2.75, 3.05) is 26.2 Å². The topological polar surface area (TPSA) is 69.7 Å². The molecule has 6 heteroatoms. The maximum Gasteiger partial charge on any atom is 0.317 e. The van der Waals surface area contributed by atoms with Crippen LogP contribution in [0.1, 0.15) is 13.3 Å². The Labute approximate surface area is 93.6 Å². The molecule has 0 spiro atoms. The molecule has 0 bridgehead atoms. The normalized spacial score (nSPS) is 25.6. The number of hydrogen-bond acceptors (Lipinski definition) is 3. The van der Waals surface area contributed by atoms with Crippen LogP contribution in [-0.2, 0) is 9.59 Å². The first-order chi connectivity index (χ1) is 7.59. The molecule has 2 saturated heterocycles. The molecule has 0 saturated carbocycles. The van der Waals surface area contributed by atoms with Gasteiger partial charge in [0.1, 0.15) is 0 Å². The van der Waals surface area contributed by atoms with E-state index in [0.29, 0.717) is 32.6 Å². The van der Waals surface area contributed by atoms with Gasteiger partial charge in [-0.3, -0.25) is 14.5 Å². The van der Waals surface area contributed by atoms with Crippen molar-refractivity contribution < 1.29 is 14.4 Å². The van der Waals surface area contributed by atoms with Crippen LogP contribution in [0.3, 0.4) is 0 Å². The molecule has 6 nitrogen and oxygen atoms in total. The van der Waals surface area contributed by atoms with E-state index in [1.807, 2.05) is 0 Å². The average Bonchev–Trinajstić information content (AvgIpc) is 2.72. The summed E-state index contributed by atoms with van der Waals surface area (Å²) in [6, 6.07) is -0.118. The first kappa shape index (κ1) is 10.9. The summed E-state index contributed by atoms with van der Waals surface area (Å²) in [5, 5.41) is 2.67. The van der Waals surface area contributed by atoms with Crippen molar-refractivity contribution >= 4 is 17.8 Å². The fourth-order valence-electron chi connectivity index (χ4n) is 2.03. The number of imide groups is 1. The Hall–Kier alpha value is -1.59. The van der Waals surface area contributed by atoms with Gasteiger partial charge >= 0.3 is 6.03 Å². The molecule has 2 rings (SSSR count). The minimum atomic E-state index is -0.208. The summed E-state index contributed by atoms with van der Waals surface area (Å²) in [5.41, 5.74) is 0. The van der Waals surface area contributed by atoms with Crippen LogP contribution in [0, 0.1) is 5.92 Å². The Morgan fingerprint density at radius 3 is 2.56 bits per heavy atom. The summed E-state index contributed by atoms with van der Waals surface area (Å²) < 4.78 is 0. The number of nitrogens with zero attached hydrogens (tertiary/aromatic N) is 2. The number of carbonyl (C=O) groups is 3. The molecule has 0 aromatic heterocycles. The highest BCUT2D eigenvalue weighted by Gasteiger charge is 2.35. The van der Waals surface area contributed by atoms with Crippen molar-refractivity contribution in [3.05, 3.63) is 0 Å². The zero-order valence-corrected chi connectivity index (χ0v) is 9.23. The van der Waals surface area contributed by atoms with E-state index in [-0.39, 0.29) is 23.8 Å². The maximum absolute atomic E-state index is 11.6. The lowest BCUT2D eigenvalue weighted by Gasteiger charge is -2.19. The number of carbonyl (C=O) groups excluding carboxylic acids is 3. The summed E-state index contributed by atoms with van der Waals surface area (Å²) in [4.78, 5) is 37.2. The van der Waals surface area contributed by atoms with E-state index in [4.69, 9.17) is 0 Å². The fraction of sp³-hybridized carbons (Fsp3) is 0.700. The fourth-order valence-corrected chi connectivity index (χ4v) is 2.03. The Balaban J connectivity index is 1.88. The van der Waals surface area contributed by atoms with Gasteiger partial charge in [-0.25, -0.2) is 4.79 Å². The monoisotopic (exact) mass is 225 g/mol. The predicted molar refractivity (Wildman–Crippen MR) is 55.5 cm³/mol. The minimum absolute atomic E-state index is 0.118. The predicted octanol–water partition coefficient (Wildman–Crippen LogP) is -0.593. The number of urea groups is 1. The van der Waals surface area contributed by atoms with Gasteiger partial charge in [-0.15, -0.1) is 0 Å². The van der Waals surface area contributed by atoms with Gasteiger partial charge in [0.2, 0.25) is 11.8 Å². The van der Waals surface area contributed by atoms with Gasteiger partial charge in [0.15, 0.2) is 0 Å². The van der Waals surface area contributed by atoms with Crippen LogP contribution >= 0.6 is 0 Å². The quantitative estimate of drug-likeness (QED) is 0.652. The summed E-state index contributed by atoms with van der Waals surface area (Å²) in [6.45, 7) is 3.77. The second-order valence-electron chi connectivity index (χ2n) is 4.21. The van der Waals surface area contributed by atoms with Crippen molar-refractivity contribution in [3.63, 3.8) is 0 Å². The molecular weight excluding hydrogens is 210 g/mol. The summed E-state index contributed by atoms with van der Waals surface area (Å²) in [7, 11) is 0. The van der Waals surface area contributed by atoms with Crippen LogP contribution in [0.15, 0.2) is 0 Å². The minimum Gasteiger partial charge on any atom is -0.336 e. The number of amides is 4. The standard InChI is InChI=1S/C10H15N3O3/c1-7-6-8(14)13(9(7)15)5-4-12-3-2-11-10(12)16/h7H,2-6H2,1H3,(H,11,16). The van der Waals surface area contributed by atoms with Crippen LogP contribution in [0.2, 0.25) is 0 Å². The van der Waals surface area contributed by atoms with Crippen LogP contribution < -0.4 is 5.32 Å². The largest absolute Gasteiger partial charge is 0.336 e. The van der Waals surface area contributed by atoms with Gasteiger partial charge in [0.05, 0.1) is 0 Å². The van der Waals surface area contributed by atoms with Crippen molar-refractivity contribution in [3.8, 4) is 0 Å². The average molecular weight is 225 g/mol. The SMILES string of the molecule is CC1CC(=O)N(CCN2CCNC2=O)C1=O. The Bertz CT molecular complexity index is 342. The molecule has 1 N–H and O–H groups in total. The molecule has 0 aliphatic carbocycles. The van der Waals surface area contributed by atoms with Gasteiger partial charge in [0, 0.05) is 38.5 Å². The van der Waals surface area contributed by atoms with Crippen molar-refractivity contribution in [2.45, 2.75) is 13.3 Å². The lowest BCUT2D eigenvalue weighted by molar-refractivity contribution is -0.139. The molecule has 1 unspecified atom stereocenters. The number of hydrogen-bond donors (Lipinski definition) is 1. The van der Waals surface area contributed by atoms with E-state index in [1.54, 1.807) is 11.8 Å². The second-order valence-corrected chi connectivity index (χ2v) is 4.21. The molecule has 2 fully saturated rings. The van der Waals surface area contributed by atoms with E-state index in [0.717, 1.165) is 0 Å². The number of rotatable bonds is 3. The molecule has 2 heterocycles. The molecule has 1 atom stereocenters. The second kappa shape index (κ2) is 4.11. The Morgan fingerprint density at radius 1 is 1.31 bits per heavy atom. The maximum atomic E-state index is 11.6. The number of nitrogens with one attached hydrogen (secondary N) is 1. The van der Waals surface area contributed by atoms with Gasteiger partial charge in [0.25, 0.3) is 0 Å². The first-order valence-electron chi connectivity index (χ1n) is 5.46. The van der Waals surface area contributed by atoms with E-state index in [1.165, 1.54) is 4.90 Å². The molecule has 0 radical (unpaired) electrons. The van der Waals surface area contributed by atoms with Gasteiger partial charge in [-0.05, 0) is 0 Å². The smallest absolute Gasteiger partial charge is 0.317 e. The van der Waals surface area contributed by atoms with E-state index >= 15 is 0 Å². The van der Waals surface area contributed by atoms with Crippen molar-refractivity contribution in [2.24, 2.45) is 5.92 Å². The van der Waals surface area contributed by atoms with Gasteiger partial charge in [-0.1, -0.05) is 6.92 Å². The highest BCUT2D eigenvalue weighted by molar-refractivity contribution is 6.03. The number of likely N-dealkylation sites (tertiary alicyclic amines) is 1. The molecule has 2 aliphatic heterocycles. The lowest BCUT2D eigenvalue weighted by atomic mass is 10.1.